The predicted octanol–water partition coefficient (Wildman–Crippen LogP) is 3.19. The number of ether oxygens (including phenoxy) is 1. The number of nitrogens with zero attached hydrogens (tertiary/aromatic N) is 1. The smallest absolute Gasteiger partial charge is 0.256 e. The quantitative estimate of drug-likeness (QED) is 0.933. The van der Waals surface area contributed by atoms with Crippen molar-refractivity contribution in [3.05, 3.63) is 45.6 Å². The molecule has 0 spiro atoms. The minimum absolute atomic E-state index is 0.236. The van der Waals surface area contributed by atoms with E-state index in [4.69, 9.17) is 10.00 Å². The number of thiophene rings is 1. The van der Waals surface area contributed by atoms with Crippen molar-refractivity contribution in [1.29, 1.82) is 5.26 Å². The molecule has 0 aliphatic heterocycles. The van der Waals surface area contributed by atoms with E-state index in [1.807, 2.05) is 18.4 Å². The molecule has 1 amide bonds. The Morgan fingerprint density at radius 3 is 2.79 bits per heavy atom. The minimum atomic E-state index is -0.236. The molecule has 0 saturated carbocycles. The van der Waals surface area contributed by atoms with Crippen LogP contribution in [0.3, 0.4) is 0 Å². The first-order chi connectivity index (χ1) is 9.17. The summed E-state index contributed by atoms with van der Waals surface area (Å²) in [5, 5.41) is 15.5. The highest BCUT2D eigenvalue weighted by Crippen LogP contribution is 2.28. The van der Waals surface area contributed by atoms with E-state index in [1.165, 1.54) is 18.4 Å². The first kappa shape index (κ1) is 13.1. The molecule has 1 heterocycles. The third-order valence-corrected chi connectivity index (χ3v) is 3.57. The van der Waals surface area contributed by atoms with Crippen molar-refractivity contribution in [3.63, 3.8) is 0 Å². The molecule has 1 N–H and O–H groups in total. The molecule has 0 radical (unpaired) electrons. The van der Waals surface area contributed by atoms with E-state index in [1.54, 1.807) is 23.6 Å². The van der Waals surface area contributed by atoms with E-state index < -0.39 is 0 Å². The number of benzene rings is 1. The molecule has 96 valence electrons. The van der Waals surface area contributed by atoms with Gasteiger partial charge in [-0.3, -0.25) is 4.79 Å². The molecule has 5 heteroatoms. The Morgan fingerprint density at radius 1 is 1.42 bits per heavy atom. The topological polar surface area (TPSA) is 62.1 Å². The summed E-state index contributed by atoms with van der Waals surface area (Å²) in [7, 11) is 1.50. The van der Waals surface area contributed by atoms with Gasteiger partial charge >= 0.3 is 0 Å². The van der Waals surface area contributed by atoms with Crippen LogP contribution in [0.1, 0.15) is 21.5 Å². The fourth-order valence-corrected chi connectivity index (χ4v) is 2.53. The first-order valence-electron chi connectivity index (χ1n) is 5.58. The summed E-state index contributed by atoms with van der Waals surface area (Å²) < 4.78 is 5.17. The van der Waals surface area contributed by atoms with Crippen LogP contribution in [0.5, 0.6) is 5.75 Å². The predicted molar refractivity (Wildman–Crippen MR) is 74.7 cm³/mol. The SMILES string of the molecule is COc1cccc(C#N)c1NC(=O)c1cscc1C. The maximum atomic E-state index is 12.2. The van der Waals surface area contributed by atoms with Crippen molar-refractivity contribution in [1.82, 2.24) is 0 Å². The van der Waals surface area contributed by atoms with Gasteiger partial charge in [0.1, 0.15) is 17.5 Å². The molecule has 2 rings (SSSR count). The fraction of sp³-hybridized carbons (Fsp3) is 0.143. The molecule has 0 bridgehead atoms. The van der Waals surface area contributed by atoms with Crippen LogP contribution in [-0.2, 0) is 0 Å². The summed E-state index contributed by atoms with van der Waals surface area (Å²) in [6, 6.07) is 7.10. The highest BCUT2D eigenvalue weighted by Gasteiger charge is 2.15. The summed E-state index contributed by atoms with van der Waals surface area (Å²) in [6.07, 6.45) is 0. The lowest BCUT2D eigenvalue weighted by Crippen LogP contribution is -2.14. The average molecular weight is 272 g/mol. The number of carbonyl (C=O) groups excluding carboxylic acids is 1. The van der Waals surface area contributed by atoms with Crippen LogP contribution in [0, 0.1) is 18.3 Å². The molecule has 0 saturated heterocycles. The summed E-state index contributed by atoms with van der Waals surface area (Å²) >= 11 is 1.47. The molecule has 0 fully saturated rings. The van der Waals surface area contributed by atoms with Crippen molar-refractivity contribution in [2.75, 3.05) is 12.4 Å². The van der Waals surface area contributed by atoms with E-state index >= 15 is 0 Å². The number of para-hydroxylation sites is 1. The third-order valence-electron chi connectivity index (χ3n) is 2.71. The second kappa shape index (κ2) is 5.55. The normalized spacial score (nSPS) is 9.74. The maximum Gasteiger partial charge on any atom is 0.256 e. The van der Waals surface area contributed by atoms with Gasteiger partial charge < -0.3 is 10.1 Å². The number of rotatable bonds is 3. The van der Waals surface area contributed by atoms with Gasteiger partial charge in [-0.1, -0.05) is 6.07 Å². The number of nitriles is 1. The second-order valence-corrected chi connectivity index (χ2v) is 4.66. The standard InChI is InChI=1S/C14H12N2O2S/c1-9-7-19-8-11(9)14(17)16-13-10(6-15)4-3-5-12(13)18-2/h3-5,7-8H,1-2H3,(H,16,17). The highest BCUT2D eigenvalue weighted by atomic mass is 32.1. The molecule has 0 aliphatic carbocycles. The third kappa shape index (κ3) is 2.59. The Hall–Kier alpha value is -2.32. The Labute approximate surface area is 115 Å². The van der Waals surface area contributed by atoms with E-state index in [0.29, 0.717) is 22.6 Å². The molecule has 0 atom stereocenters. The minimum Gasteiger partial charge on any atom is -0.495 e. The van der Waals surface area contributed by atoms with Gasteiger partial charge in [0.2, 0.25) is 0 Å². The van der Waals surface area contributed by atoms with Crippen LogP contribution in [-0.4, -0.2) is 13.0 Å². The molecular weight excluding hydrogens is 260 g/mol. The number of hydrogen-bond donors (Lipinski definition) is 1. The van der Waals surface area contributed by atoms with Gasteiger partial charge in [0.15, 0.2) is 0 Å². The summed E-state index contributed by atoms with van der Waals surface area (Å²) in [5.41, 5.74) is 2.30. The largest absolute Gasteiger partial charge is 0.495 e. The Bertz CT molecular complexity index is 656. The van der Waals surface area contributed by atoms with Gasteiger partial charge in [0, 0.05) is 5.38 Å². The van der Waals surface area contributed by atoms with Gasteiger partial charge in [-0.25, -0.2) is 0 Å². The van der Waals surface area contributed by atoms with Crippen molar-refractivity contribution in [2.24, 2.45) is 0 Å². The Balaban J connectivity index is 2.36. The van der Waals surface area contributed by atoms with Crippen LogP contribution in [0.2, 0.25) is 0 Å². The fourth-order valence-electron chi connectivity index (χ4n) is 1.70. The summed E-state index contributed by atoms with van der Waals surface area (Å²) in [6.45, 7) is 1.87. The zero-order valence-electron chi connectivity index (χ0n) is 10.6. The van der Waals surface area contributed by atoms with Gasteiger partial charge in [0.25, 0.3) is 5.91 Å². The van der Waals surface area contributed by atoms with Gasteiger partial charge in [-0.05, 0) is 30.0 Å². The molecule has 19 heavy (non-hydrogen) atoms. The van der Waals surface area contributed by atoms with Crippen molar-refractivity contribution in [3.8, 4) is 11.8 Å². The average Bonchev–Trinajstić information content (AvgIpc) is 2.85. The zero-order chi connectivity index (χ0) is 13.8. The van der Waals surface area contributed by atoms with E-state index in [2.05, 4.69) is 5.32 Å². The van der Waals surface area contributed by atoms with E-state index in [0.717, 1.165) is 5.56 Å². The second-order valence-electron chi connectivity index (χ2n) is 3.92. The van der Waals surface area contributed by atoms with E-state index in [-0.39, 0.29) is 5.91 Å². The molecule has 2 aromatic rings. The number of carbonyl (C=O) groups is 1. The number of anilines is 1. The maximum absolute atomic E-state index is 12.2. The number of nitrogens with one attached hydrogen (secondary N) is 1. The van der Waals surface area contributed by atoms with Crippen LogP contribution >= 0.6 is 11.3 Å². The van der Waals surface area contributed by atoms with Crippen LogP contribution in [0.4, 0.5) is 5.69 Å². The Morgan fingerprint density at radius 2 is 2.21 bits per heavy atom. The molecule has 0 aliphatic rings. The molecular formula is C14H12N2O2S. The van der Waals surface area contributed by atoms with Crippen molar-refractivity contribution < 1.29 is 9.53 Å². The van der Waals surface area contributed by atoms with Crippen LogP contribution in [0.25, 0.3) is 0 Å². The number of amides is 1. The lowest BCUT2D eigenvalue weighted by Gasteiger charge is -2.11. The van der Waals surface area contributed by atoms with Gasteiger partial charge in [-0.2, -0.15) is 16.6 Å². The van der Waals surface area contributed by atoms with Crippen molar-refractivity contribution >= 4 is 22.9 Å². The molecule has 0 unspecified atom stereocenters. The van der Waals surface area contributed by atoms with Crippen LogP contribution in [0.15, 0.2) is 29.0 Å². The molecule has 1 aromatic carbocycles. The Kier molecular flexibility index (Phi) is 3.83. The molecule has 1 aromatic heterocycles. The first-order valence-corrected chi connectivity index (χ1v) is 6.53. The number of methoxy groups -OCH3 is 1. The summed E-state index contributed by atoms with van der Waals surface area (Å²) in [4.78, 5) is 12.2. The highest BCUT2D eigenvalue weighted by molar-refractivity contribution is 7.08. The van der Waals surface area contributed by atoms with Gasteiger partial charge in [0.05, 0.1) is 18.2 Å². The lowest BCUT2D eigenvalue weighted by atomic mass is 10.1. The zero-order valence-corrected chi connectivity index (χ0v) is 11.4. The molecule has 4 nitrogen and oxygen atoms in total. The number of hydrogen-bond acceptors (Lipinski definition) is 4. The van der Waals surface area contributed by atoms with Gasteiger partial charge in [-0.15, -0.1) is 0 Å². The van der Waals surface area contributed by atoms with Crippen molar-refractivity contribution in [2.45, 2.75) is 6.92 Å². The summed E-state index contributed by atoms with van der Waals surface area (Å²) in [5.74, 6) is 0.236. The van der Waals surface area contributed by atoms with Crippen LogP contribution < -0.4 is 10.1 Å². The lowest BCUT2D eigenvalue weighted by molar-refractivity contribution is 0.102. The van der Waals surface area contributed by atoms with E-state index in [9.17, 15) is 4.79 Å². The number of aryl methyl sites for hydroxylation is 1. The monoisotopic (exact) mass is 272 g/mol.